The van der Waals surface area contributed by atoms with Crippen LogP contribution in [0.15, 0.2) is 41.8 Å². The zero-order chi connectivity index (χ0) is 19.2. The number of aromatic nitrogens is 4. The van der Waals surface area contributed by atoms with E-state index in [1.807, 2.05) is 18.2 Å². The first-order valence-electron chi connectivity index (χ1n) is 8.97. The molecule has 0 unspecified atom stereocenters. The predicted octanol–water partition coefficient (Wildman–Crippen LogP) is 4.27. The quantitative estimate of drug-likeness (QED) is 0.509. The molecular formula is C20H23N5OS. The van der Waals surface area contributed by atoms with Crippen LogP contribution < -0.4 is 5.32 Å². The summed E-state index contributed by atoms with van der Waals surface area (Å²) in [5.74, 6) is 0.894. The Morgan fingerprint density at radius 2 is 2.00 bits per heavy atom. The maximum absolute atomic E-state index is 12.7. The summed E-state index contributed by atoms with van der Waals surface area (Å²) in [5, 5.41) is 11.8. The second-order valence-electron chi connectivity index (χ2n) is 8.17. The molecule has 0 saturated heterocycles. The molecule has 0 atom stereocenters. The number of benzene rings is 1. The van der Waals surface area contributed by atoms with Crippen LogP contribution >= 0.6 is 11.8 Å². The summed E-state index contributed by atoms with van der Waals surface area (Å²) in [6.45, 7) is 8.62. The van der Waals surface area contributed by atoms with Crippen molar-refractivity contribution >= 4 is 34.4 Å². The van der Waals surface area contributed by atoms with Gasteiger partial charge in [-0.3, -0.25) is 9.89 Å². The van der Waals surface area contributed by atoms with Crippen molar-refractivity contribution in [2.75, 3.05) is 5.32 Å². The number of fused-ring (bicyclic) bond motifs is 1. The van der Waals surface area contributed by atoms with Gasteiger partial charge >= 0.3 is 0 Å². The van der Waals surface area contributed by atoms with Crippen molar-refractivity contribution < 1.29 is 4.79 Å². The molecule has 4 rings (SSSR count). The summed E-state index contributed by atoms with van der Waals surface area (Å²) in [7, 11) is 0. The van der Waals surface area contributed by atoms with E-state index in [1.54, 1.807) is 24.3 Å². The molecule has 3 aromatic rings. The number of anilines is 1. The maximum atomic E-state index is 12.7. The van der Waals surface area contributed by atoms with Crippen LogP contribution in [0.1, 0.15) is 33.3 Å². The van der Waals surface area contributed by atoms with Gasteiger partial charge in [0.25, 0.3) is 0 Å². The second-order valence-corrected chi connectivity index (χ2v) is 9.13. The molecule has 2 heterocycles. The molecule has 1 aliphatic carbocycles. The van der Waals surface area contributed by atoms with Crippen LogP contribution in [0, 0.1) is 16.7 Å². The van der Waals surface area contributed by atoms with Crippen LogP contribution in [0.4, 0.5) is 5.69 Å². The van der Waals surface area contributed by atoms with Gasteiger partial charge in [0.05, 0.1) is 11.6 Å². The Morgan fingerprint density at radius 1 is 1.22 bits per heavy atom. The fraction of sp³-hybridized carbons (Fsp3) is 0.400. The Morgan fingerprint density at radius 3 is 2.74 bits per heavy atom. The van der Waals surface area contributed by atoms with Gasteiger partial charge in [-0.05, 0) is 28.5 Å². The van der Waals surface area contributed by atoms with Crippen molar-refractivity contribution in [3.63, 3.8) is 0 Å². The molecule has 1 saturated carbocycles. The second kappa shape index (κ2) is 6.34. The number of rotatable bonds is 5. The summed E-state index contributed by atoms with van der Waals surface area (Å²) in [6.07, 6.45) is 3.28. The zero-order valence-corrected chi connectivity index (χ0v) is 16.7. The lowest BCUT2D eigenvalue weighted by Gasteiger charge is -2.09. The Bertz CT molecular complexity index is 996. The number of H-pyrrole nitrogens is 1. The summed E-state index contributed by atoms with van der Waals surface area (Å²) in [6, 6.07) is 8.00. The van der Waals surface area contributed by atoms with E-state index in [4.69, 9.17) is 0 Å². The van der Waals surface area contributed by atoms with E-state index in [2.05, 4.69) is 59.2 Å². The van der Waals surface area contributed by atoms with Crippen LogP contribution in [0.5, 0.6) is 0 Å². The largest absolute Gasteiger partial charge is 0.326 e. The van der Waals surface area contributed by atoms with Crippen LogP contribution in [0.25, 0.3) is 11.0 Å². The molecule has 2 aromatic heterocycles. The molecule has 140 valence electrons. The van der Waals surface area contributed by atoms with Crippen molar-refractivity contribution in [3.05, 3.63) is 42.4 Å². The SMILES string of the molecule is CC1(C)C(C(=O)Nc2cccc(CSc3ncnc4[nH]ncc34)c2)C1(C)C. The van der Waals surface area contributed by atoms with E-state index in [9.17, 15) is 4.79 Å². The van der Waals surface area contributed by atoms with Gasteiger partial charge in [-0.1, -0.05) is 39.8 Å². The molecule has 0 radical (unpaired) electrons. The lowest BCUT2D eigenvalue weighted by molar-refractivity contribution is -0.118. The Hall–Kier alpha value is -2.41. The summed E-state index contributed by atoms with van der Waals surface area (Å²) in [5.41, 5.74) is 2.78. The maximum Gasteiger partial charge on any atom is 0.228 e. The van der Waals surface area contributed by atoms with Gasteiger partial charge in [-0.2, -0.15) is 5.10 Å². The minimum Gasteiger partial charge on any atom is -0.326 e. The zero-order valence-electron chi connectivity index (χ0n) is 15.9. The molecule has 1 aromatic carbocycles. The van der Waals surface area contributed by atoms with Gasteiger partial charge in [-0.25, -0.2) is 9.97 Å². The third-order valence-corrected chi connectivity index (χ3v) is 7.14. The average Bonchev–Trinajstić information content (AvgIpc) is 2.94. The molecule has 1 amide bonds. The predicted molar refractivity (Wildman–Crippen MR) is 107 cm³/mol. The first-order chi connectivity index (χ1) is 12.8. The third kappa shape index (κ3) is 3.10. The minimum absolute atomic E-state index is 0.0352. The van der Waals surface area contributed by atoms with Gasteiger partial charge < -0.3 is 5.32 Å². The van der Waals surface area contributed by atoms with Gasteiger partial charge in [0, 0.05) is 17.4 Å². The summed E-state index contributed by atoms with van der Waals surface area (Å²) in [4.78, 5) is 21.2. The van der Waals surface area contributed by atoms with Crippen LogP contribution in [-0.2, 0) is 10.5 Å². The fourth-order valence-electron chi connectivity index (χ4n) is 3.81. The average molecular weight is 382 g/mol. The van der Waals surface area contributed by atoms with Crippen LogP contribution in [0.3, 0.4) is 0 Å². The van der Waals surface area contributed by atoms with Crippen molar-refractivity contribution in [1.82, 2.24) is 20.2 Å². The van der Waals surface area contributed by atoms with Crippen LogP contribution in [-0.4, -0.2) is 26.1 Å². The number of carbonyl (C=O) groups is 1. The molecule has 7 heteroatoms. The van der Waals surface area contributed by atoms with E-state index >= 15 is 0 Å². The highest BCUT2D eigenvalue weighted by Crippen LogP contribution is 2.68. The van der Waals surface area contributed by atoms with Crippen molar-refractivity contribution in [2.45, 2.75) is 38.5 Å². The van der Waals surface area contributed by atoms with E-state index in [1.165, 1.54) is 0 Å². The highest BCUT2D eigenvalue weighted by molar-refractivity contribution is 7.98. The fourth-order valence-corrected chi connectivity index (χ4v) is 4.72. The molecule has 27 heavy (non-hydrogen) atoms. The van der Waals surface area contributed by atoms with E-state index in [-0.39, 0.29) is 22.7 Å². The van der Waals surface area contributed by atoms with Gasteiger partial charge in [0.15, 0.2) is 5.65 Å². The monoisotopic (exact) mass is 381 g/mol. The Labute approximate surface area is 162 Å². The topological polar surface area (TPSA) is 83.6 Å². The number of nitrogens with one attached hydrogen (secondary N) is 2. The number of carbonyl (C=O) groups excluding carboxylic acids is 1. The molecule has 6 nitrogen and oxygen atoms in total. The normalized spacial score (nSPS) is 17.8. The highest BCUT2D eigenvalue weighted by Gasteiger charge is 2.68. The Balaban J connectivity index is 1.44. The minimum atomic E-state index is 0.0352. The summed E-state index contributed by atoms with van der Waals surface area (Å²) < 4.78 is 0. The highest BCUT2D eigenvalue weighted by atomic mass is 32.2. The molecular weight excluding hydrogens is 358 g/mol. The summed E-state index contributed by atoms with van der Waals surface area (Å²) >= 11 is 1.63. The van der Waals surface area contributed by atoms with E-state index in [0.29, 0.717) is 0 Å². The standard InChI is InChI=1S/C20H23N5OS/c1-19(2)15(20(19,3)4)17(26)24-13-7-5-6-12(8-13)10-27-18-14-9-23-25-16(14)21-11-22-18/h5-9,11,15H,10H2,1-4H3,(H,24,26)(H,21,22,23,25). The molecule has 1 fully saturated rings. The third-order valence-electron chi connectivity index (χ3n) is 6.06. The first-order valence-corrected chi connectivity index (χ1v) is 9.96. The van der Waals surface area contributed by atoms with Crippen molar-refractivity contribution in [2.24, 2.45) is 16.7 Å². The first kappa shape index (κ1) is 18.0. The number of nitrogens with zero attached hydrogens (tertiary/aromatic N) is 3. The molecule has 0 spiro atoms. The number of thioether (sulfide) groups is 1. The lowest BCUT2D eigenvalue weighted by atomic mass is 10.0. The van der Waals surface area contributed by atoms with Gasteiger partial charge in [0.2, 0.25) is 5.91 Å². The van der Waals surface area contributed by atoms with Gasteiger partial charge in [0.1, 0.15) is 11.4 Å². The molecule has 0 bridgehead atoms. The number of hydrogen-bond donors (Lipinski definition) is 2. The van der Waals surface area contributed by atoms with Gasteiger partial charge in [-0.15, -0.1) is 11.8 Å². The smallest absolute Gasteiger partial charge is 0.228 e. The Kier molecular flexibility index (Phi) is 4.22. The van der Waals surface area contributed by atoms with E-state index in [0.717, 1.165) is 33.1 Å². The molecule has 0 aliphatic heterocycles. The van der Waals surface area contributed by atoms with Crippen LogP contribution in [0.2, 0.25) is 0 Å². The lowest BCUT2D eigenvalue weighted by Crippen LogP contribution is -2.17. The van der Waals surface area contributed by atoms with E-state index < -0.39 is 0 Å². The number of aromatic amines is 1. The molecule has 1 aliphatic rings. The van der Waals surface area contributed by atoms with Crippen molar-refractivity contribution in [3.8, 4) is 0 Å². The number of hydrogen-bond acceptors (Lipinski definition) is 5. The molecule has 2 N–H and O–H groups in total. The number of amides is 1. The van der Waals surface area contributed by atoms with Crippen molar-refractivity contribution in [1.29, 1.82) is 0 Å².